The first-order valence-electron chi connectivity index (χ1n) is 9.47. The first kappa shape index (κ1) is 16.7. The smallest absolute Gasteiger partial charge is 0.262 e. The molecule has 4 aromatic rings. The van der Waals surface area contributed by atoms with Gasteiger partial charge in [0, 0.05) is 19.3 Å². The van der Waals surface area contributed by atoms with Gasteiger partial charge in [-0.15, -0.1) is 0 Å². The first-order chi connectivity index (χ1) is 13.7. The molecule has 5 rings (SSSR count). The second-order valence-electron chi connectivity index (χ2n) is 7.25. The summed E-state index contributed by atoms with van der Waals surface area (Å²) < 4.78 is 0. The number of rotatable bonds is 2. The van der Waals surface area contributed by atoms with Crippen molar-refractivity contribution < 1.29 is 0 Å². The molecule has 0 saturated carbocycles. The van der Waals surface area contributed by atoms with Crippen molar-refractivity contribution in [3.63, 3.8) is 0 Å². The van der Waals surface area contributed by atoms with Crippen LogP contribution in [0, 0.1) is 6.92 Å². The minimum Gasteiger partial charge on any atom is -0.338 e. The summed E-state index contributed by atoms with van der Waals surface area (Å²) in [6.07, 6.45) is 2.66. The molecule has 0 radical (unpaired) electrons. The van der Waals surface area contributed by atoms with E-state index in [9.17, 15) is 4.79 Å². The van der Waals surface area contributed by atoms with Gasteiger partial charge in [0.25, 0.3) is 5.56 Å². The van der Waals surface area contributed by atoms with Gasteiger partial charge in [-0.25, -0.2) is 4.98 Å². The van der Waals surface area contributed by atoms with Crippen LogP contribution in [0.25, 0.3) is 22.2 Å². The number of aromatic amines is 1. The van der Waals surface area contributed by atoms with Gasteiger partial charge in [0.15, 0.2) is 5.65 Å². The predicted molar refractivity (Wildman–Crippen MR) is 112 cm³/mol. The molecule has 1 aliphatic heterocycles. The van der Waals surface area contributed by atoms with Gasteiger partial charge in [0.2, 0.25) is 5.95 Å². The van der Waals surface area contributed by atoms with E-state index in [1.807, 2.05) is 43.3 Å². The highest BCUT2D eigenvalue weighted by molar-refractivity contribution is 5.92. The van der Waals surface area contributed by atoms with Gasteiger partial charge in [-0.2, -0.15) is 4.98 Å². The van der Waals surface area contributed by atoms with E-state index in [1.165, 1.54) is 16.7 Å². The Morgan fingerprint density at radius 1 is 1.00 bits per heavy atom. The second kappa shape index (κ2) is 6.60. The number of pyridine rings is 1. The largest absolute Gasteiger partial charge is 0.338 e. The van der Waals surface area contributed by atoms with Gasteiger partial charge in [-0.1, -0.05) is 54.1 Å². The number of benzene rings is 2. The van der Waals surface area contributed by atoms with E-state index in [0.29, 0.717) is 17.0 Å². The molecular formula is C23H20N4O. The molecule has 0 atom stereocenters. The second-order valence-corrected chi connectivity index (χ2v) is 7.25. The monoisotopic (exact) mass is 368 g/mol. The zero-order valence-electron chi connectivity index (χ0n) is 15.6. The summed E-state index contributed by atoms with van der Waals surface area (Å²) >= 11 is 0. The van der Waals surface area contributed by atoms with Crippen molar-refractivity contribution in [2.45, 2.75) is 19.9 Å². The number of anilines is 1. The number of nitrogens with zero attached hydrogens (tertiary/aromatic N) is 3. The lowest BCUT2D eigenvalue weighted by atomic mass is 10.0. The molecule has 0 unspecified atom stereocenters. The molecule has 5 nitrogen and oxygen atoms in total. The van der Waals surface area contributed by atoms with Crippen molar-refractivity contribution in [3.8, 4) is 11.1 Å². The Morgan fingerprint density at radius 3 is 2.61 bits per heavy atom. The van der Waals surface area contributed by atoms with Gasteiger partial charge < -0.3 is 4.90 Å². The average Bonchev–Trinajstić information content (AvgIpc) is 2.73. The highest BCUT2D eigenvalue weighted by Crippen LogP contribution is 2.26. The van der Waals surface area contributed by atoms with Crippen LogP contribution in [0.5, 0.6) is 0 Å². The summed E-state index contributed by atoms with van der Waals surface area (Å²) in [6.45, 7) is 3.61. The summed E-state index contributed by atoms with van der Waals surface area (Å²) in [7, 11) is 0. The van der Waals surface area contributed by atoms with Gasteiger partial charge in [0.05, 0.1) is 5.39 Å². The third-order valence-electron chi connectivity index (χ3n) is 5.39. The number of H-pyrrole nitrogens is 1. The summed E-state index contributed by atoms with van der Waals surface area (Å²) in [4.78, 5) is 27.2. The molecule has 0 bridgehead atoms. The highest BCUT2D eigenvalue weighted by atomic mass is 16.1. The van der Waals surface area contributed by atoms with Crippen LogP contribution >= 0.6 is 0 Å². The molecule has 5 heteroatoms. The third-order valence-corrected chi connectivity index (χ3v) is 5.39. The van der Waals surface area contributed by atoms with Crippen LogP contribution in [-0.2, 0) is 13.0 Å². The lowest BCUT2D eigenvalue weighted by Crippen LogP contribution is -2.33. The molecular weight excluding hydrogens is 348 g/mol. The van der Waals surface area contributed by atoms with Crippen LogP contribution in [0.1, 0.15) is 16.7 Å². The molecule has 138 valence electrons. The summed E-state index contributed by atoms with van der Waals surface area (Å²) in [6, 6.07) is 18.4. The minimum atomic E-state index is -0.150. The number of hydrogen-bond donors (Lipinski definition) is 1. The van der Waals surface area contributed by atoms with Crippen LogP contribution in [0.3, 0.4) is 0 Å². The molecule has 0 aliphatic carbocycles. The van der Waals surface area contributed by atoms with Gasteiger partial charge >= 0.3 is 0 Å². The highest BCUT2D eigenvalue weighted by Gasteiger charge is 2.19. The van der Waals surface area contributed by atoms with Gasteiger partial charge in [-0.3, -0.25) is 9.78 Å². The fraction of sp³-hybridized carbons (Fsp3) is 0.174. The Bertz CT molecular complexity index is 1230. The number of aryl methyl sites for hydroxylation is 1. The van der Waals surface area contributed by atoms with E-state index in [1.54, 1.807) is 6.20 Å². The lowest BCUT2D eigenvalue weighted by Gasteiger charge is -2.29. The van der Waals surface area contributed by atoms with E-state index >= 15 is 0 Å². The van der Waals surface area contributed by atoms with Crippen molar-refractivity contribution in [2.24, 2.45) is 0 Å². The van der Waals surface area contributed by atoms with Crippen molar-refractivity contribution in [2.75, 3.05) is 11.4 Å². The Morgan fingerprint density at radius 2 is 1.79 bits per heavy atom. The maximum absolute atomic E-state index is 13.0. The quantitative estimate of drug-likeness (QED) is 0.584. The zero-order chi connectivity index (χ0) is 19.1. The Balaban J connectivity index is 1.59. The number of hydrogen-bond acceptors (Lipinski definition) is 4. The summed E-state index contributed by atoms with van der Waals surface area (Å²) in [5.74, 6) is 0.584. The van der Waals surface area contributed by atoms with Crippen LogP contribution < -0.4 is 10.5 Å². The standard InChI is InChI=1S/C23H20N4O/c1-15-6-8-17(9-7-15)19-10-12-24-21-20(19)22(28)26-23(25-21)27-13-11-16-4-2-3-5-18(16)14-27/h2-10,12H,11,13-14H2,1H3,(H,24,25,26,28). The molecule has 1 N–H and O–H groups in total. The van der Waals surface area contributed by atoms with Crippen LogP contribution in [0.2, 0.25) is 0 Å². The van der Waals surface area contributed by atoms with E-state index in [2.05, 4.69) is 33.1 Å². The van der Waals surface area contributed by atoms with Crippen molar-refractivity contribution in [1.29, 1.82) is 0 Å². The molecule has 0 amide bonds. The summed E-state index contributed by atoms with van der Waals surface area (Å²) in [5, 5.41) is 0.535. The van der Waals surface area contributed by atoms with Crippen LogP contribution in [0.15, 0.2) is 65.6 Å². The lowest BCUT2D eigenvalue weighted by molar-refractivity contribution is 0.708. The van der Waals surface area contributed by atoms with Crippen LogP contribution in [0.4, 0.5) is 5.95 Å². The molecule has 0 fully saturated rings. The Hall–Kier alpha value is -3.47. The fourth-order valence-electron chi connectivity index (χ4n) is 3.85. The van der Waals surface area contributed by atoms with Crippen molar-refractivity contribution in [3.05, 3.63) is 87.8 Å². The van der Waals surface area contributed by atoms with Crippen molar-refractivity contribution >= 4 is 17.0 Å². The molecule has 0 saturated heterocycles. The van der Waals surface area contributed by atoms with E-state index in [0.717, 1.165) is 30.6 Å². The summed E-state index contributed by atoms with van der Waals surface area (Å²) in [5.41, 5.74) is 6.00. The maximum atomic E-state index is 13.0. The van der Waals surface area contributed by atoms with Crippen molar-refractivity contribution in [1.82, 2.24) is 15.0 Å². The van der Waals surface area contributed by atoms with Crippen LogP contribution in [-0.4, -0.2) is 21.5 Å². The van der Waals surface area contributed by atoms with Gasteiger partial charge in [0.1, 0.15) is 0 Å². The first-order valence-corrected chi connectivity index (χ1v) is 9.47. The Kier molecular flexibility index (Phi) is 3.93. The molecule has 2 aromatic heterocycles. The van der Waals surface area contributed by atoms with Gasteiger partial charge in [-0.05, 0) is 41.7 Å². The van der Waals surface area contributed by atoms with E-state index in [-0.39, 0.29) is 5.56 Å². The fourth-order valence-corrected chi connectivity index (χ4v) is 3.85. The molecule has 28 heavy (non-hydrogen) atoms. The topological polar surface area (TPSA) is 61.9 Å². The maximum Gasteiger partial charge on any atom is 0.262 e. The number of nitrogens with one attached hydrogen (secondary N) is 1. The normalized spacial score (nSPS) is 13.5. The number of aromatic nitrogens is 3. The SMILES string of the molecule is Cc1ccc(-c2ccnc3nc(N4CCc5ccccc5C4)[nH]c(=O)c23)cc1. The third kappa shape index (κ3) is 2.85. The zero-order valence-corrected chi connectivity index (χ0v) is 15.6. The number of fused-ring (bicyclic) bond motifs is 2. The average molecular weight is 368 g/mol. The molecule has 1 aliphatic rings. The predicted octanol–water partition coefficient (Wildman–Crippen LogP) is 3.86. The molecule has 3 heterocycles. The van der Waals surface area contributed by atoms with E-state index in [4.69, 9.17) is 4.98 Å². The van der Waals surface area contributed by atoms with E-state index < -0.39 is 0 Å². The Labute approximate surface area is 162 Å². The molecule has 0 spiro atoms. The minimum absolute atomic E-state index is 0.150. The molecule has 2 aromatic carbocycles.